The number of rotatable bonds is 11. The summed E-state index contributed by atoms with van der Waals surface area (Å²) in [7, 11) is 20.2. The van der Waals surface area contributed by atoms with Crippen molar-refractivity contribution in [2.75, 3.05) is 96.8 Å². The minimum absolute atomic E-state index is 0.872. The predicted octanol–water partition coefficient (Wildman–Crippen LogP) is 4.37. The molecule has 0 bridgehead atoms. The van der Waals surface area contributed by atoms with Gasteiger partial charge in [0.1, 0.15) is 11.5 Å². The lowest BCUT2D eigenvalue weighted by atomic mass is 10.1. The van der Waals surface area contributed by atoms with Crippen LogP contribution in [0.5, 0.6) is 11.5 Å². The van der Waals surface area contributed by atoms with Gasteiger partial charge in [0, 0.05) is 13.1 Å². The summed E-state index contributed by atoms with van der Waals surface area (Å²) in [5.41, 5.74) is 2.34. The smallest absolute Gasteiger partial charge is 0.118 e. The number of hydrogen-bond acceptors (Lipinski definition) is 6. The second-order valence-corrected chi connectivity index (χ2v) is 9.38. The Bertz CT molecular complexity index is 651. The molecular weight excluding hydrogens is 424 g/mol. The minimum Gasteiger partial charge on any atom is -0.497 e. The normalized spacial score (nSPS) is 10.6. The minimum atomic E-state index is 0.872. The van der Waals surface area contributed by atoms with E-state index in [-0.39, 0.29) is 0 Å². The fourth-order valence-corrected chi connectivity index (χ4v) is 2.82. The average molecular weight is 475 g/mol. The van der Waals surface area contributed by atoms with Crippen LogP contribution in [0.1, 0.15) is 12.8 Å². The maximum atomic E-state index is 5.12. The van der Waals surface area contributed by atoms with Gasteiger partial charge in [-0.25, -0.2) is 0 Å². The first kappa shape index (κ1) is 31.9. The Balaban J connectivity index is 0.000000524. The molecule has 0 radical (unpaired) electrons. The number of benzene rings is 2. The van der Waals surface area contributed by atoms with Crippen molar-refractivity contribution >= 4 is 0 Å². The zero-order valence-corrected chi connectivity index (χ0v) is 23.5. The lowest BCUT2D eigenvalue weighted by Gasteiger charge is -2.13. The number of nitrogens with zero attached hydrogens (tertiary/aromatic N) is 4. The Hall–Kier alpha value is -2.12. The molecule has 0 aromatic heterocycles. The van der Waals surface area contributed by atoms with E-state index in [4.69, 9.17) is 9.47 Å². The molecule has 2 aromatic rings. The van der Waals surface area contributed by atoms with Gasteiger partial charge in [-0.2, -0.15) is 0 Å². The molecule has 6 heteroatoms. The largest absolute Gasteiger partial charge is 0.497 e. The highest BCUT2D eigenvalue weighted by Gasteiger charge is 1.98. The van der Waals surface area contributed by atoms with Gasteiger partial charge in [-0.1, -0.05) is 24.3 Å². The second-order valence-electron chi connectivity index (χ2n) is 9.38. The highest BCUT2D eigenvalue weighted by Crippen LogP contribution is 2.24. The van der Waals surface area contributed by atoms with E-state index in [1.165, 1.54) is 37.1 Å². The average Bonchev–Trinajstić information content (AvgIpc) is 2.81. The molecule has 0 N–H and O–H groups in total. The van der Waals surface area contributed by atoms with Crippen LogP contribution >= 0.6 is 0 Å². The molecule has 0 aliphatic heterocycles. The van der Waals surface area contributed by atoms with Gasteiger partial charge in [-0.3, -0.25) is 0 Å². The van der Waals surface area contributed by atoms with Crippen LogP contribution in [0, 0.1) is 0 Å². The van der Waals surface area contributed by atoms with Gasteiger partial charge in [0.2, 0.25) is 0 Å². The Kier molecular flexibility index (Phi) is 18.0. The Morgan fingerprint density at radius 2 is 0.706 bits per heavy atom. The van der Waals surface area contributed by atoms with Crippen LogP contribution in [0.15, 0.2) is 48.5 Å². The van der Waals surface area contributed by atoms with E-state index in [1.54, 1.807) is 14.2 Å². The summed E-state index contributed by atoms with van der Waals surface area (Å²) in [5.74, 6) is 1.74. The van der Waals surface area contributed by atoms with Gasteiger partial charge < -0.3 is 29.1 Å². The molecule has 0 atom stereocenters. The summed E-state index contributed by atoms with van der Waals surface area (Å²) < 4.78 is 10.2. The zero-order valence-electron chi connectivity index (χ0n) is 23.5. The van der Waals surface area contributed by atoms with Crippen LogP contribution in [0.3, 0.4) is 0 Å². The highest BCUT2D eigenvalue weighted by molar-refractivity contribution is 5.64. The van der Waals surface area contributed by atoms with Crippen molar-refractivity contribution in [1.82, 2.24) is 19.6 Å². The van der Waals surface area contributed by atoms with Crippen LogP contribution in [0.4, 0.5) is 0 Å². The SMILES string of the molecule is CN(C)CCCCN(C)C.CN(C)CCN(C)C.COc1ccc(-c2ccc(OC)cc2)cc1. The molecule has 0 aliphatic rings. The predicted molar refractivity (Wildman–Crippen MR) is 148 cm³/mol. The van der Waals surface area contributed by atoms with Gasteiger partial charge in [0.25, 0.3) is 0 Å². The van der Waals surface area contributed by atoms with Crippen molar-refractivity contribution in [1.29, 1.82) is 0 Å². The van der Waals surface area contributed by atoms with Crippen LogP contribution in [-0.2, 0) is 0 Å². The Morgan fingerprint density at radius 1 is 0.441 bits per heavy atom. The molecule has 2 aromatic carbocycles. The van der Waals surface area contributed by atoms with Gasteiger partial charge in [0.15, 0.2) is 0 Å². The second kappa shape index (κ2) is 19.2. The Morgan fingerprint density at radius 3 is 0.912 bits per heavy atom. The van der Waals surface area contributed by atoms with E-state index in [9.17, 15) is 0 Å². The monoisotopic (exact) mass is 474 g/mol. The first-order chi connectivity index (χ1) is 16.1. The molecule has 2 rings (SSSR count). The summed E-state index contributed by atoms with van der Waals surface area (Å²) in [5, 5.41) is 0. The molecule has 34 heavy (non-hydrogen) atoms. The fraction of sp³-hybridized carbons (Fsp3) is 0.571. The van der Waals surface area contributed by atoms with Gasteiger partial charge in [0.05, 0.1) is 14.2 Å². The standard InChI is InChI=1S/C14H14O2.C8H20N2.C6H16N2/c1-15-13-7-3-11(4-8-13)12-5-9-14(16-2)10-6-12;1-9(2)7-5-6-8-10(3)4;1-7(2)5-6-8(3)4/h3-10H,1-2H3;5-8H2,1-4H3;5-6H2,1-4H3. The summed E-state index contributed by atoms with van der Waals surface area (Å²) in [4.78, 5) is 8.82. The third kappa shape index (κ3) is 17.4. The van der Waals surface area contributed by atoms with E-state index in [0.29, 0.717) is 0 Å². The van der Waals surface area contributed by atoms with E-state index in [0.717, 1.165) is 24.6 Å². The van der Waals surface area contributed by atoms with Crippen molar-refractivity contribution in [2.24, 2.45) is 0 Å². The van der Waals surface area contributed by atoms with Crippen molar-refractivity contribution in [3.63, 3.8) is 0 Å². The van der Waals surface area contributed by atoms with Crippen molar-refractivity contribution < 1.29 is 9.47 Å². The molecule has 194 valence electrons. The first-order valence-electron chi connectivity index (χ1n) is 12.0. The molecule has 0 saturated carbocycles. The van der Waals surface area contributed by atoms with E-state index < -0.39 is 0 Å². The van der Waals surface area contributed by atoms with Crippen molar-refractivity contribution in [3.8, 4) is 22.6 Å². The maximum Gasteiger partial charge on any atom is 0.118 e. The molecule has 0 amide bonds. The van der Waals surface area contributed by atoms with Crippen LogP contribution in [0.25, 0.3) is 11.1 Å². The molecule has 0 unspecified atom stereocenters. The summed E-state index contributed by atoms with van der Waals surface area (Å²) in [6.07, 6.45) is 2.62. The van der Waals surface area contributed by atoms with E-state index in [2.05, 4.69) is 76.0 Å². The van der Waals surface area contributed by atoms with Crippen LogP contribution in [0.2, 0.25) is 0 Å². The van der Waals surface area contributed by atoms with Crippen LogP contribution in [-0.4, -0.2) is 116 Å². The summed E-state index contributed by atoms with van der Waals surface area (Å²) in [6, 6.07) is 16.0. The fourth-order valence-electron chi connectivity index (χ4n) is 2.82. The molecular formula is C28H50N4O2. The highest BCUT2D eigenvalue weighted by atomic mass is 16.5. The van der Waals surface area contributed by atoms with Gasteiger partial charge >= 0.3 is 0 Å². The Labute approximate surface area is 210 Å². The van der Waals surface area contributed by atoms with E-state index in [1.807, 2.05) is 48.5 Å². The number of ether oxygens (including phenoxy) is 2. The number of unbranched alkanes of at least 4 members (excludes halogenated alkanes) is 1. The molecule has 0 heterocycles. The number of methoxy groups -OCH3 is 2. The lowest BCUT2D eigenvalue weighted by Crippen LogP contribution is -2.25. The number of likely N-dealkylation sites (N-methyl/N-ethyl adjacent to an activating group) is 2. The van der Waals surface area contributed by atoms with Gasteiger partial charge in [-0.05, 0) is 118 Å². The van der Waals surface area contributed by atoms with Crippen LogP contribution < -0.4 is 9.47 Å². The molecule has 0 aliphatic carbocycles. The third-order valence-electron chi connectivity index (χ3n) is 4.97. The lowest BCUT2D eigenvalue weighted by molar-refractivity contribution is 0.320. The van der Waals surface area contributed by atoms with E-state index >= 15 is 0 Å². The maximum absolute atomic E-state index is 5.12. The number of hydrogen-bond donors (Lipinski definition) is 0. The zero-order chi connectivity index (χ0) is 25.9. The van der Waals surface area contributed by atoms with Gasteiger partial charge in [-0.15, -0.1) is 0 Å². The first-order valence-corrected chi connectivity index (χ1v) is 12.0. The molecule has 0 spiro atoms. The summed E-state index contributed by atoms with van der Waals surface area (Å²) in [6.45, 7) is 4.72. The third-order valence-corrected chi connectivity index (χ3v) is 4.97. The topological polar surface area (TPSA) is 31.4 Å². The van der Waals surface area contributed by atoms with Crippen molar-refractivity contribution in [3.05, 3.63) is 48.5 Å². The molecule has 6 nitrogen and oxygen atoms in total. The quantitative estimate of drug-likeness (QED) is 0.450. The molecule has 0 fully saturated rings. The summed E-state index contributed by atoms with van der Waals surface area (Å²) >= 11 is 0. The van der Waals surface area contributed by atoms with Crippen molar-refractivity contribution in [2.45, 2.75) is 12.8 Å². The molecule has 0 saturated heterocycles.